The van der Waals surface area contributed by atoms with Gasteiger partial charge in [-0.2, -0.15) is 5.10 Å². The number of benzene rings is 1. The van der Waals surface area contributed by atoms with Gasteiger partial charge < -0.3 is 14.8 Å². The second-order valence-electron chi connectivity index (χ2n) is 7.67. The zero-order valence-corrected chi connectivity index (χ0v) is 17.0. The van der Waals surface area contributed by atoms with Crippen LogP contribution in [0.25, 0.3) is 0 Å². The Kier molecular flexibility index (Phi) is 4.28. The molecule has 1 aromatic carbocycles. The normalized spacial score (nSPS) is 21.2. The van der Waals surface area contributed by atoms with E-state index in [-0.39, 0.29) is 4.90 Å². The molecule has 5 rings (SSSR count). The van der Waals surface area contributed by atoms with Gasteiger partial charge in [-0.25, -0.2) is 18.8 Å². The summed E-state index contributed by atoms with van der Waals surface area (Å²) in [6.07, 6.45) is 4.86. The van der Waals surface area contributed by atoms with Gasteiger partial charge in [-0.3, -0.25) is 0 Å². The molecule has 3 heterocycles. The summed E-state index contributed by atoms with van der Waals surface area (Å²) in [5.74, 6) is 1.45. The average Bonchev–Trinajstić information content (AvgIpc) is 3.39. The van der Waals surface area contributed by atoms with Gasteiger partial charge in [0.05, 0.1) is 25.1 Å². The fourth-order valence-electron chi connectivity index (χ4n) is 4.39. The van der Waals surface area contributed by atoms with E-state index in [0.29, 0.717) is 38.0 Å². The molecule has 0 saturated carbocycles. The summed E-state index contributed by atoms with van der Waals surface area (Å²) < 4.78 is 29.7. The minimum absolute atomic E-state index is 0.146. The van der Waals surface area contributed by atoms with Gasteiger partial charge in [0, 0.05) is 24.9 Å². The van der Waals surface area contributed by atoms with Crippen LogP contribution in [0.2, 0.25) is 0 Å². The number of nitrogens with two attached hydrogens (primary N) is 1. The highest BCUT2D eigenvalue weighted by Crippen LogP contribution is 2.45. The summed E-state index contributed by atoms with van der Waals surface area (Å²) in [5.41, 5.74) is 4.00. The molecule has 0 saturated heterocycles. The molecule has 154 valence electrons. The molecule has 29 heavy (non-hydrogen) atoms. The molecular weight excluding hydrogens is 394 g/mol. The Hall–Kier alpha value is -2.59. The molecule has 0 bridgehead atoms. The van der Waals surface area contributed by atoms with Gasteiger partial charge in [-0.1, -0.05) is 6.92 Å². The van der Waals surface area contributed by atoms with E-state index in [2.05, 4.69) is 27.8 Å². The SMILES string of the molecule is CC1CCc2cc3c(c(NC(=O)N=S(N)(=O)c4cnn5c4OCCC5)c21)CCO3. The number of urea groups is 1. The van der Waals surface area contributed by atoms with Crippen LogP contribution < -0.4 is 19.9 Å². The maximum absolute atomic E-state index is 13.0. The molecule has 0 fully saturated rings. The van der Waals surface area contributed by atoms with Crippen LogP contribution in [0, 0.1) is 0 Å². The first kappa shape index (κ1) is 18.4. The third-order valence-electron chi connectivity index (χ3n) is 5.75. The molecule has 2 amide bonds. The number of aryl methyl sites for hydroxylation is 2. The molecule has 10 heteroatoms. The number of aromatic nitrogens is 2. The lowest BCUT2D eigenvalue weighted by Crippen LogP contribution is -2.21. The fourth-order valence-corrected chi connectivity index (χ4v) is 5.39. The molecule has 2 aliphatic heterocycles. The monoisotopic (exact) mass is 417 g/mol. The lowest BCUT2D eigenvalue weighted by atomic mass is 9.96. The zero-order valence-electron chi connectivity index (χ0n) is 16.1. The molecule has 2 atom stereocenters. The van der Waals surface area contributed by atoms with Gasteiger partial charge in [-0.05, 0) is 36.0 Å². The molecule has 2 unspecified atom stereocenters. The summed E-state index contributed by atoms with van der Waals surface area (Å²) in [6, 6.07) is 1.34. The Morgan fingerprint density at radius 2 is 2.24 bits per heavy atom. The number of hydrogen-bond acceptors (Lipinski definition) is 5. The lowest BCUT2D eigenvalue weighted by molar-refractivity contribution is 0.224. The number of ether oxygens (including phenoxy) is 2. The van der Waals surface area contributed by atoms with Crippen molar-refractivity contribution < 1.29 is 18.5 Å². The van der Waals surface area contributed by atoms with E-state index in [1.54, 1.807) is 4.68 Å². The predicted octanol–water partition coefficient (Wildman–Crippen LogP) is 2.58. The van der Waals surface area contributed by atoms with Crippen LogP contribution in [0.15, 0.2) is 21.5 Å². The molecule has 9 nitrogen and oxygen atoms in total. The van der Waals surface area contributed by atoms with Crippen LogP contribution >= 0.6 is 0 Å². The van der Waals surface area contributed by atoms with Gasteiger partial charge in [0.25, 0.3) is 0 Å². The first-order valence-electron chi connectivity index (χ1n) is 9.80. The third kappa shape index (κ3) is 3.06. The first-order chi connectivity index (χ1) is 13.9. The van der Waals surface area contributed by atoms with Crippen molar-refractivity contribution in [2.24, 2.45) is 9.50 Å². The Labute approximate surface area is 168 Å². The van der Waals surface area contributed by atoms with Crippen LogP contribution in [0.3, 0.4) is 0 Å². The van der Waals surface area contributed by atoms with E-state index in [0.717, 1.165) is 41.8 Å². The van der Waals surface area contributed by atoms with E-state index < -0.39 is 15.9 Å². The average molecular weight is 417 g/mol. The Bertz CT molecular complexity index is 1130. The van der Waals surface area contributed by atoms with Gasteiger partial charge in [0.2, 0.25) is 5.88 Å². The predicted molar refractivity (Wildman–Crippen MR) is 107 cm³/mol. The minimum Gasteiger partial charge on any atom is -0.493 e. The smallest absolute Gasteiger partial charge is 0.354 e. The van der Waals surface area contributed by atoms with Crippen molar-refractivity contribution in [3.05, 3.63) is 29.0 Å². The standard InChI is InChI=1S/C19H23N5O4S/c1-11-3-4-12-9-14-13(5-8-27-14)17(16(11)12)22-19(25)23-29(20,26)15-10-21-24-6-2-7-28-18(15)24/h9-11H,2-8H2,1H3,(H3,20,22,23,25,26). The summed E-state index contributed by atoms with van der Waals surface area (Å²) in [6.45, 7) is 3.86. The number of carbonyl (C=O) groups is 1. The quantitative estimate of drug-likeness (QED) is 0.778. The highest BCUT2D eigenvalue weighted by molar-refractivity contribution is 7.91. The van der Waals surface area contributed by atoms with E-state index >= 15 is 0 Å². The second kappa shape index (κ2) is 6.74. The van der Waals surface area contributed by atoms with Crippen LogP contribution in [0.4, 0.5) is 10.5 Å². The molecular formula is C19H23N5O4S. The van der Waals surface area contributed by atoms with Crippen LogP contribution in [0.1, 0.15) is 42.4 Å². The Balaban J connectivity index is 1.50. The van der Waals surface area contributed by atoms with Crippen molar-refractivity contribution in [2.75, 3.05) is 18.5 Å². The Morgan fingerprint density at radius 3 is 3.10 bits per heavy atom. The lowest BCUT2D eigenvalue weighted by Gasteiger charge is -2.17. The van der Waals surface area contributed by atoms with E-state index in [4.69, 9.17) is 14.6 Å². The minimum atomic E-state index is -3.50. The molecule has 2 aromatic rings. The molecule has 1 aromatic heterocycles. The number of nitrogens with one attached hydrogen (secondary N) is 1. The summed E-state index contributed by atoms with van der Waals surface area (Å²) in [4.78, 5) is 12.9. The van der Waals surface area contributed by atoms with Crippen molar-refractivity contribution in [3.63, 3.8) is 0 Å². The largest absolute Gasteiger partial charge is 0.493 e. The summed E-state index contributed by atoms with van der Waals surface area (Å²) in [5, 5.41) is 13.0. The third-order valence-corrected chi connectivity index (χ3v) is 7.09. The molecule has 0 radical (unpaired) electrons. The highest BCUT2D eigenvalue weighted by Gasteiger charge is 2.30. The number of anilines is 1. The molecule has 0 spiro atoms. The van der Waals surface area contributed by atoms with E-state index in [1.807, 2.05) is 0 Å². The number of carbonyl (C=O) groups excluding carboxylic acids is 1. The van der Waals surface area contributed by atoms with Crippen LogP contribution in [-0.2, 0) is 29.3 Å². The number of fused-ring (bicyclic) bond motifs is 3. The van der Waals surface area contributed by atoms with Crippen molar-refractivity contribution in [1.82, 2.24) is 9.78 Å². The van der Waals surface area contributed by atoms with Gasteiger partial charge in [0.1, 0.15) is 10.6 Å². The van der Waals surface area contributed by atoms with Crippen molar-refractivity contribution >= 4 is 21.6 Å². The first-order valence-corrected chi connectivity index (χ1v) is 11.4. The number of amides is 2. The zero-order chi connectivity index (χ0) is 20.2. The Morgan fingerprint density at radius 1 is 1.38 bits per heavy atom. The number of nitrogens with zero attached hydrogens (tertiary/aromatic N) is 3. The fraction of sp³-hybridized carbons (Fsp3) is 0.474. The van der Waals surface area contributed by atoms with Crippen LogP contribution in [-0.4, -0.2) is 33.2 Å². The maximum Gasteiger partial charge on any atom is 0.354 e. The van der Waals surface area contributed by atoms with Crippen molar-refractivity contribution in [1.29, 1.82) is 0 Å². The summed E-state index contributed by atoms with van der Waals surface area (Å²) in [7, 11) is -3.50. The van der Waals surface area contributed by atoms with Crippen LogP contribution in [0.5, 0.6) is 11.6 Å². The second-order valence-corrected chi connectivity index (χ2v) is 9.43. The maximum atomic E-state index is 13.0. The molecule has 3 N–H and O–H groups in total. The van der Waals surface area contributed by atoms with E-state index in [1.165, 1.54) is 11.8 Å². The van der Waals surface area contributed by atoms with Gasteiger partial charge >= 0.3 is 6.03 Å². The summed E-state index contributed by atoms with van der Waals surface area (Å²) >= 11 is 0. The molecule has 1 aliphatic carbocycles. The van der Waals surface area contributed by atoms with E-state index in [9.17, 15) is 9.00 Å². The molecule has 3 aliphatic rings. The topological polar surface area (TPSA) is 121 Å². The number of hydrogen-bond donors (Lipinski definition) is 2. The number of rotatable bonds is 2. The van der Waals surface area contributed by atoms with Crippen molar-refractivity contribution in [3.8, 4) is 11.6 Å². The van der Waals surface area contributed by atoms with Gasteiger partial charge in [-0.15, -0.1) is 4.36 Å². The van der Waals surface area contributed by atoms with Crippen molar-refractivity contribution in [2.45, 2.75) is 50.0 Å². The van der Waals surface area contributed by atoms with Gasteiger partial charge in [0.15, 0.2) is 9.92 Å². The highest BCUT2D eigenvalue weighted by atomic mass is 32.2.